The second-order valence-corrected chi connectivity index (χ2v) is 5.61. The van der Waals surface area contributed by atoms with Crippen molar-refractivity contribution in [3.05, 3.63) is 60.1 Å². The largest absolute Gasteiger partial charge is 0.471 e. The maximum atomic E-state index is 12.5. The molecule has 26 heavy (non-hydrogen) atoms. The van der Waals surface area contributed by atoms with Crippen molar-refractivity contribution in [2.45, 2.75) is 12.7 Å². The van der Waals surface area contributed by atoms with Crippen LogP contribution in [0.15, 0.2) is 53.2 Å². The molecule has 2 aromatic heterocycles. The van der Waals surface area contributed by atoms with Gasteiger partial charge in [-0.05, 0) is 17.7 Å². The van der Waals surface area contributed by atoms with E-state index >= 15 is 0 Å². The predicted octanol–water partition coefficient (Wildman–Crippen LogP) is 4.24. The van der Waals surface area contributed by atoms with Crippen molar-refractivity contribution in [3.8, 4) is 11.4 Å². The lowest BCUT2D eigenvalue weighted by molar-refractivity contribution is -0.159. The number of hydrogen-bond donors (Lipinski definition) is 2. The molecule has 6 nitrogen and oxygen atoms in total. The van der Waals surface area contributed by atoms with Gasteiger partial charge >= 0.3 is 12.1 Å². The maximum absolute atomic E-state index is 12.5. The molecular formula is C17H12F3N5O. The van der Waals surface area contributed by atoms with Crippen molar-refractivity contribution in [2.24, 2.45) is 0 Å². The number of nitrogens with zero attached hydrogens (tertiary/aromatic N) is 3. The van der Waals surface area contributed by atoms with Crippen molar-refractivity contribution in [2.75, 3.05) is 5.32 Å². The molecule has 0 unspecified atom stereocenters. The Kier molecular flexibility index (Phi) is 3.83. The van der Waals surface area contributed by atoms with Crippen LogP contribution >= 0.6 is 0 Å². The molecule has 0 aliphatic rings. The molecule has 0 aliphatic carbocycles. The summed E-state index contributed by atoms with van der Waals surface area (Å²) in [6.45, 7) is 0.546. The molecule has 0 aliphatic heterocycles. The molecule has 4 aromatic rings. The molecule has 0 bridgehead atoms. The first-order valence-electron chi connectivity index (χ1n) is 7.67. The van der Waals surface area contributed by atoms with Crippen molar-refractivity contribution in [1.29, 1.82) is 0 Å². The number of aromatic nitrogens is 4. The highest BCUT2D eigenvalue weighted by molar-refractivity contribution is 5.90. The number of hydrogen-bond acceptors (Lipinski definition) is 5. The summed E-state index contributed by atoms with van der Waals surface area (Å²) in [6.07, 6.45) is -2.90. The minimum Gasteiger partial charge on any atom is -0.380 e. The summed E-state index contributed by atoms with van der Waals surface area (Å²) in [5.41, 5.74) is 3.27. The van der Waals surface area contributed by atoms with Crippen molar-refractivity contribution in [1.82, 2.24) is 20.3 Å². The van der Waals surface area contributed by atoms with Crippen molar-refractivity contribution < 1.29 is 17.7 Å². The van der Waals surface area contributed by atoms with E-state index in [1.54, 1.807) is 30.5 Å². The minimum atomic E-state index is -4.65. The highest BCUT2D eigenvalue weighted by Gasteiger charge is 2.38. The fourth-order valence-electron chi connectivity index (χ4n) is 2.55. The SMILES string of the molecule is FC(F)(F)c1nc(-c2ccc(CNc3cccc4[nH]ncc34)cc2)no1. The van der Waals surface area contributed by atoms with Gasteiger partial charge in [-0.15, -0.1) is 0 Å². The number of benzene rings is 2. The third kappa shape index (κ3) is 3.10. The lowest BCUT2D eigenvalue weighted by Crippen LogP contribution is -2.04. The van der Waals surface area contributed by atoms with Gasteiger partial charge in [0.15, 0.2) is 0 Å². The highest BCUT2D eigenvalue weighted by atomic mass is 19.4. The molecule has 0 atom stereocenters. The van der Waals surface area contributed by atoms with Crippen molar-refractivity contribution in [3.63, 3.8) is 0 Å². The summed E-state index contributed by atoms with van der Waals surface area (Å²) in [4.78, 5) is 3.37. The number of anilines is 1. The van der Waals surface area contributed by atoms with Gasteiger partial charge < -0.3 is 9.84 Å². The number of H-pyrrole nitrogens is 1. The van der Waals surface area contributed by atoms with Crippen LogP contribution in [0.3, 0.4) is 0 Å². The summed E-state index contributed by atoms with van der Waals surface area (Å²) in [6, 6.07) is 12.7. The third-order valence-corrected chi connectivity index (χ3v) is 3.85. The Morgan fingerprint density at radius 3 is 2.62 bits per heavy atom. The van der Waals surface area contributed by atoms with Gasteiger partial charge in [0.2, 0.25) is 5.82 Å². The van der Waals surface area contributed by atoms with Crippen LogP contribution in [0.1, 0.15) is 11.5 Å². The van der Waals surface area contributed by atoms with E-state index < -0.39 is 12.1 Å². The number of halogens is 3. The Hall–Kier alpha value is -3.36. The fourth-order valence-corrected chi connectivity index (χ4v) is 2.55. The fraction of sp³-hybridized carbons (Fsp3) is 0.118. The average Bonchev–Trinajstić information content (AvgIpc) is 3.29. The van der Waals surface area contributed by atoms with E-state index in [0.717, 1.165) is 22.2 Å². The van der Waals surface area contributed by atoms with Crippen LogP contribution in [-0.4, -0.2) is 20.3 Å². The molecule has 0 spiro atoms. The minimum absolute atomic E-state index is 0.0972. The molecule has 0 radical (unpaired) electrons. The first-order chi connectivity index (χ1) is 12.5. The van der Waals surface area contributed by atoms with Gasteiger partial charge in [-0.3, -0.25) is 5.10 Å². The Labute approximate surface area is 145 Å². The Balaban J connectivity index is 1.48. The topological polar surface area (TPSA) is 79.6 Å². The zero-order valence-electron chi connectivity index (χ0n) is 13.2. The number of alkyl halides is 3. The predicted molar refractivity (Wildman–Crippen MR) is 88.2 cm³/mol. The van der Waals surface area contributed by atoms with Crippen LogP contribution in [-0.2, 0) is 12.7 Å². The molecule has 2 heterocycles. The van der Waals surface area contributed by atoms with Crippen LogP contribution in [0, 0.1) is 0 Å². The summed E-state index contributed by atoms with van der Waals surface area (Å²) in [5.74, 6) is -1.45. The number of fused-ring (bicyclic) bond motifs is 1. The zero-order chi connectivity index (χ0) is 18.1. The number of rotatable bonds is 4. The maximum Gasteiger partial charge on any atom is 0.471 e. The van der Waals surface area contributed by atoms with Crippen LogP contribution in [0.25, 0.3) is 22.3 Å². The van der Waals surface area contributed by atoms with E-state index in [-0.39, 0.29) is 5.82 Å². The van der Waals surface area contributed by atoms with Gasteiger partial charge in [-0.2, -0.15) is 23.3 Å². The lowest BCUT2D eigenvalue weighted by Gasteiger charge is -2.08. The normalized spacial score (nSPS) is 11.8. The van der Waals surface area contributed by atoms with Crippen LogP contribution in [0.5, 0.6) is 0 Å². The van der Waals surface area contributed by atoms with Crippen molar-refractivity contribution >= 4 is 16.6 Å². The average molecular weight is 359 g/mol. The Bertz CT molecular complexity index is 1040. The van der Waals surface area contributed by atoms with Gasteiger partial charge in [-0.1, -0.05) is 35.5 Å². The Morgan fingerprint density at radius 1 is 1.08 bits per heavy atom. The molecule has 0 amide bonds. The standard InChI is InChI=1S/C17H12F3N5O/c18-17(19,20)16-23-15(25-26-16)11-6-4-10(5-7-11)8-21-13-2-1-3-14-12(13)9-22-24-14/h1-7,9,21H,8H2,(H,22,24). The van der Waals surface area contributed by atoms with E-state index in [2.05, 4.69) is 30.2 Å². The van der Waals surface area contributed by atoms with E-state index in [1.165, 1.54) is 0 Å². The lowest BCUT2D eigenvalue weighted by atomic mass is 10.1. The zero-order valence-corrected chi connectivity index (χ0v) is 13.2. The molecule has 9 heteroatoms. The summed E-state index contributed by atoms with van der Waals surface area (Å²) < 4.78 is 41.8. The Morgan fingerprint density at radius 2 is 1.88 bits per heavy atom. The molecule has 4 rings (SSSR count). The van der Waals surface area contributed by atoms with Crippen LogP contribution < -0.4 is 5.32 Å². The number of aromatic amines is 1. The van der Waals surface area contributed by atoms with Crippen LogP contribution in [0.4, 0.5) is 18.9 Å². The first-order valence-corrected chi connectivity index (χ1v) is 7.67. The van der Waals surface area contributed by atoms with Gasteiger partial charge in [0.05, 0.1) is 11.7 Å². The van der Waals surface area contributed by atoms with Gasteiger partial charge in [0.1, 0.15) is 0 Å². The molecule has 0 saturated heterocycles. The highest BCUT2D eigenvalue weighted by Crippen LogP contribution is 2.29. The quantitative estimate of drug-likeness (QED) is 0.570. The third-order valence-electron chi connectivity index (χ3n) is 3.85. The summed E-state index contributed by atoms with van der Waals surface area (Å²) in [5, 5.41) is 14.6. The monoisotopic (exact) mass is 359 g/mol. The van der Waals surface area contributed by atoms with Gasteiger partial charge in [0.25, 0.3) is 0 Å². The van der Waals surface area contributed by atoms with E-state index in [4.69, 9.17) is 0 Å². The van der Waals surface area contributed by atoms with E-state index in [1.807, 2.05) is 18.2 Å². The van der Waals surface area contributed by atoms with Gasteiger partial charge in [0, 0.05) is 23.2 Å². The van der Waals surface area contributed by atoms with E-state index in [9.17, 15) is 13.2 Å². The number of nitrogens with one attached hydrogen (secondary N) is 2. The summed E-state index contributed by atoms with van der Waals surface area (Å²) >= 11 is 0. The molecule has 2 aromatic carbocycles. The van der Waals surface area contributed by atoms with Crippen LogP contribution in [0.2, 0.25) is 0 Å². The first kappa shape index (κ1) is 16.1. The second kappa shape index (κ2) is 6.17. The molecule has 0 fully saturated rings. The van der Waals surface area contributed by atoms with Gasteiger partial charge in [-0.25, -0.2) is 0 Å². The molecule has 0 saturated carbocycles. The second-order valence-electron chi connectivity index (χ2n) is 5.61. The summed E-state index contributed by atoms with van der Waals surface area (Å²) in [7, 11) is 0. The smallest absolute Gasteiger partial charge is 0.380 e. The molecule has 2 N–H and O–H groups in total. The molecular weight excluding hydrogens is 347 g/mol. The van der Waals surface area contributed by atoms with E-state index in [0.29, 0.717) is 12.1 Å². The molecule has 132 valence electrons.